The van der Waals surface area contributed by atoms with Gasteiger partial charge in [0.15, 0.2) is 0 Å². The van der Waals surface area contributed by atoms with Crippen molar-refractivity contribution >= 4 is 21.9 Å². The molecule has 1 aromatic rings. The number of rotatable bonds is 4. The van der Waals surface area contributed by atoms with Gasteiger partial charge < -0.3 is 9.84 Å². The van der Waals surface area contributed by atoms with Gasteiger partial charge in [-0.25, -0.2) is 9.78 Å². The zero-order chi connectivity index (χ0) is 12.3. The van der Waals surface area contributed by atoms with E-state index < -0.39 is 5.97 Å². The number of carboxylic acids is 1. The fourth-order valence-corrected chi connectivity index (χ4v) is 2.40. The van der Waals surface area contributed by atoms with Crippen LogP contribution in [0.25, 0.3) is 0 Å². The molecule has 0 aliphatic heterocycles. The van der Waals surface area contributed by atoms with Crippen LogP contribution in [0, 0.1) is 5.92 Å². The molecule has 1 fully saturated rings. The highest BCUT2D eigenvalue weighted by Crippen LogP contribution is 2.26. The van der Waals surface area contributed by atoms with Crippen LogP contribution in [-0.2, 0) is 0 Å². The third kappa shape index (κ3) is 3.19. The number of nitrogens with zero attached hydrogens (tertiary/aromatic N) is 1. The second kappa shape index (κ2) is 5.49. The Balaban J connectivity index is 2.06. The first-order chi connectivity index (χ1) is 8.16. The summed E-state index contributed by atoms with van der Waals surface area (Å²) in [6.07, 6.45) is 6.37. The number of hydrogen-bond acceptors (Lipinski definition) is 3. The van der Waals surface area contributed by atoms with Crippen molar-refractivity contribution in [1.82, 2.24) is 4.98 Å². The largest absolute Gasteiger partial charge is 0.477 e. The molecule has 0 radical (unpaired) electrons. The lowest BCUT2D eigenvalue weighted by Crippen LogP contribution is -2.12. The zero-order valence-electron chi connectivity index (χ0n) is 9.36. The van der Waals surface area contributed by atoms with E-state index in [1.807, 2.05) is 0 Å². The minimum absolute atomic E-state index is 0.109. The highest BCUT2D eigenvalue weighted by molar-refractivity contribution is 9.10. The van der Waals surface area contributed by atoms with Gasteiger partial charge in [0.05, 0.1) is 6.61 Å². The van der Waals surface area contributed by atoms with E-state index in [0.29, 0.717) is 17.0 Å². The van der Waals surface area contributed by atoms with Crippen molar-refractivity contribution in [3.8, 4) is 5.88 Å². The summed E-state index contributed by atoms with van der Waals surface area (Å²) in [7, 11) is 0. The summed E-state index contributed by atoms with van der Waals surface area (Å²) in [6.45, 7) is 0.564. The van der Waals surface area contributed by atoms with Crippen LogP contribution in [0.5, 0.6) is 5.88 Å². The average molecular weight is 300 g/mol. The van der Waals surface area contributed by atoms with Gasteiger partial charge in [0, 0.05) is 10.7 Å². The molecule has 92 valence electrons. The van der Waals surface area contributed by atoms with E-state index in [4.69, 9.17) is 9.84 Å². The van der Waals surface area contributed by atoms with E-state index in [9.17, 15) is 4.79 Å². The maximum atomic E-state index is 11.0. The van der Waals surface area contributed by atoms with Gasteiger partial charge in [-0.1, -0.05) is 12.8 Å². The molecule has 1 aliphatic rings. The van der Waals surface area contributed by atoms with Gasteiger partial charge >= 0.3 is 5.97 Å². The quantitative estimate of drug-likeness (QED) is 0.928. The average Bonchev–Trinajstić information content (AvgIpc) is 2.80. The number of pyridine rings is 1. The molecule has 1 aromatic heterocycles. The Bertz CT molecular complexity index is 416. The fraction of sp³-hybridized carbons (Fsp3) is 0.500. The molecule has 1 heterocycles. The Kier molecular flexibility index (Phi) is 3.99. The van der Waals surface area contributed by atoms with Crippen molar-refractivity contribution < 1.29 is 14.6 Å². The van der Waals surface area contributed by atoms with Crippen LogP contribution >= 0.6 is 15.9 Å². The molecular formula is C12H14BrNO3. The third-order valence-electron chi connectivity index (χ3n) is 2.98. The summed E-state index contributed by atoms with van der Waals surface area (Å²) in [5, 5.41) is 9.04. The molecule has 0 atom stereocenters. The Hall–Kier alpha value is -1.10. The standard InChI is InChI=1S/C12H14BrNO3/c13-9-5-10(12(15)16)11(14-6-9)17-7-8-3-1-2-4-8/h5-6,8H,1-4,7H2,(H,15,16). The molecule has 0 bridgehead atoms. The lowest BCUT2D eigenvalue weighted by atomic mass is 10.1. The van der Waals surface area contributed by atoms with Crippen LogP contribution in [0.15, 0.2) is 16.7 Å². The number of hydrogen-bond donors (Lipinski definition) is 1. The molecule has 0 spiro atoms. The highest BCUT2D eigenvalue weighted by atomic mass is 79.9. The van der Waals surface area contributed by atoms with Crippen molar-refractivity contribution in [2.75, 3.05) is 6.61 Å². The van der Waals surface area contributed by atoms with Gasteiger partial charge in [0.25, 0.3) is 0 Å². The summed E-state index contributed by atoms with van der Waals surface area (Å²) in [5.74, 6) is -0.255. The number of aromatic carboxylic acids is 1. The number of halogens is 1. The minimum Gasteiger partial charge on any atom is -0.477 e. The van der Waals surface area contributed by atoms with Crippen molar-refractivity contribution in [1.29, 1.82) is 0 Å². The molecule has 2 rings (SSSR count). The molecule has 4 nitrogen and oxygen atoms in total. The van der Waals surface area contributed by atoms with E-state index in [-0.39, 0.29) is 11.4 Å². The topological polar surface area (TPSA) is 59.4 Å². The van der Waals surface area contributed by atoms with Crippen LogP contribution in [0.3, 0.4) is 0 Å². The molecule has 0 unspecified atom stereocenters. The van der Waals surface area contributed by atoms with E-state index >= 15 is 0 Å². The van der Waals surface area contributed by atoms with E-state index in [1.54, 1.807) is 6.20 Å². The monoisotopic (exact) mass is 299 g/mol. The molecule has 1 saturated carbocycles. The van der Waals surface area contributed by atoms with Crippen LogP contribution in [-0.4, -0.2) is 22.7 Å². The summed E-state index contributed by atoms with van der Waals surface area (Å²) < 4.78 is 6.17. The van der Waals surface area contributed by atoms with E-state index in [2.05, 4.69) is 20.9 Å². The Morgan fingerprint density at radius 2 is 2.24 bits per heavy atom. The summed E-state index contributed by atoms with van der Waals surface area (Å²) in [5.41, 5.74) is 0.109. The van der Waals surface area contributed by atoms with Crippen LogP contribution < -0.4 is 4.74 Å². The van der Waals surface area contributed by atoms with Gasteiger partial charge in [-0.3, -0.25) is 0 Å². The minimum atomic E-state index is -1.01. The first-order valence-corrected chi connectivity index (χ1v) is 6.48. The fourth-order valence-electron chi connectivity index (χ4n) is 2.07. The lowest BCUT2D eigenvalue weighted by molar-refractivity contribution is 0.0690. The Morgan fingerprint density at radius 1 is 1.53 bits per heavy atom. The van der Waals surface area contributed by atoms with Crippen molar-refractivity contribution in [2.24, 2.45) is 5.92 Å². The first kappa shape index (κ1) is 12.4. The predicted molar refractivity (Wildman–Crippen MR) is 66.3 cm³/mol. The number of ether oxygens (including phenoxy) is 1. The van der Waals surface area contributed by atoms with Crippen molar-refractivity contribution in [3.05, 3.63) is 22.3 Å². The number of carboxylic acid groups (broad SMARTS) is 1. The summed E-state index contributed by atoms with van der Waals surface area (Å²) >= 11 is 3.20. The second-order valence-corrected chi connectivity index (χ2v) is 5.19. The molecule has 0 amide bonds. The van der Waals surface area contributed by atoms with Crippen LogP contribution in [0.2, 0.25) is 0 Å². The number of aromatic nitrogens is 1. The van der Waals surface area contributed by atoms with Gasteiger partial charge in [0.1, 0.15) is 5.56 Å². The Morgan fingerprint density at radius 3 is 2.88 bits per heavy atom. The molecule has 1 aliphatic carbocycles. The van der Waals surface area contributed by atoms with Gasteiger partial charge in [0.2, 0.25) is 5.88 Å². The molecule has 0 saturated heterocycles. The Labute approximate surface area is 108 Å². The third-order valence-corrected chi connectivity index (χ3v) is 3.41. The van der Waals surface area contributed by atoms with Gasteiger partial charge in [-0.05, 0) is 40.8 Å². The SMILES string of the molecule is O=C(O)c1cc(Br)cnc1OCC1CCCC1. The molecule has 1 N–H and O–H groups in total. The summed E-state index contributed by atoms with van der Waals surface area (Å²) in [6, 6.07) is 1.51. The van der Waals surface area contributed by atoms with Gasteiger partial charge in [-0.2, -0.15) is 0 Å². The van der Waals surface area contributed by atoms with Crippen molar-refractivity contribution in [2.45, 2.75) is 25.7 Å². The van der Waals surface area contributed by atoms with Gasteiger partial charge in [-0.15, -0.1) is 0 Å². The molecule has 0 aromatic carbocycles. The van der Waals surface area contributed by atoms with Crippen molar-refractivity contribution in [3.63, 3.8) is 0 Å². The maximum absolute atomic E-state index is 11.0. The number of carbonyl (C=O) groups is 1. The lowest BCUT2D eigenvalue weighted by Gasteiger charge is -2.12. The molecule has 5 heteroatoms. The maximum Gasteiger partial charge on any atom is 0.341 e. The molecule has 17 heavy (non-hydrogen) atoms. The highest BCUT2D eigenvalue weighted by Gasteiger charge is 2.18. The van der Waals surface area contributed by atoms with E-state index in [1.165, 1.54) is 31.7 Å². The second-order valence-electron chi connectivity index (χ2n) is 4.27. The van der Waals surface area contributed by atoms with E-state index in [0.717, 1.165) is 0 Å². The zero-order valence-corrected chi connectivity index (χ0v) is 10.9. The predicted octanol–water partition coefficient (Wildman–Crippen LogP) is 3.11. The normalized spacial score (nSPS) is 16.1. The summed E-state index contributed by atoms with van der Waals surface area (Å²) in [4.78, 5) is 15.0. The first-order valence-electron chi connectivity index (χ1n) is 5.68. The smallest absolute Gasteiger partial charge is 0.341 e. The van der Waals surface area contributed by atoms with Crippen LogP contribution in [0.1, 0.15) is 36.0 Å². The van der Waals surface area contributed by atoms with Crippen LogP contribution in [0.4, 0.5) is 0 Å². The molecular weight excluding hydrogens is 286 g/mol.